The van der Waals surface area contributed by atoms with Gasteiger partial charge < -0.3 is 16.0 Å². The molecule has 72 valence electrons. The zero-order valence-electron chi connectivity index (χ0n) is 7.82. The van der Waals surface area contributed by atoms with Crippen LogP contribution in [0.3, 0.4) is 0 Å². The number of aromatic nitrogens is 1. The fourth-order valence-electron chi connectivity index (χ4n) is 1.27. The third kappa shape index (κ3) is 1.31. The molecule has 0 aliphatic rings. The molecule has 2 rings (SSSR count). The average molecular weight is 189 g/mol. The molecule has 0 atom stereocenters. The largest absolute Gasteiger partial charge is 0.398 e. The van der Waals surface area contributed by atoms with E-state index in [-0.39, 0.29) is 0 Å². The van der Waals surface area contributed by atoms with E-state index in [4.69, 9.17) is 16.0 Å². The van der Waals surface area contributed by atoms with E-state index in [0.717, 1.165) is 22.4 Å². The van der Waals surface area contributed by atoms with Crippen molar-refractivity contribution in [1.82, 2.24) is 5.16 Å². The standard InChI is InChI=1S/C10H11N3O/c1-6-2-3-7(4-9(6)11)8-5-13-14-10(8)12/h2-5H,11-12H2,1H3. The predicted molar refractivity (Wildman–Crippen MR) is 55.5 cm³/mol. The Morgan fingerprint density at radius 2 is 2.07 bits per heavy atom. The molecule has 4 N–H and O–H groups in total. The summed E-state index contributed by atoms with van der Waals surface area (Å²) in [5.41, 5.74) is 14.9. The highest BCUT2D eigenvalue weighted by Gasteiger charge is 2.07. The Balaban J connectivity index is 2.53. The Hall–Kier alpha value is -1.97. The van der Waals surface area contributed by atoms with Crippen LogP contribution in [0.2, 0.25) is 0 Å². The van der Waals surface area contributed by atoms with Crippen LogP contribution in [-0.4, -0.2) is 5.16 Å². The van der Waals surface area contributed by atoms with E-state index in [2.05, 4.69) is 5.16 Å². The third-order valence-corrected chi connectivity index (χ3v) is 2.19. The van der Waals surface area contributed by atoms with E-state index in [1.54, 1.807) is 6.20 Å². The molecular weight excluding hydrogens is 178 g/mol. The molecule has 0 aliphatic carbocycles. The van der Waals surface area contributed by atoms with Crippen molar-refractivity contribution in [3.8, 4) is 11.1 Å². The summed E-state index contributed by atoms with van der Waals surface area (Å²) in [6.45, 7) is 1.95. The number of rotatable bonds is 1. The topological polar surface area (TPSA) is 78.1 Å². The van der Waals surface area contributed by atoms with Gasteiger partial charge in [0.25, 0.3) is 0 Å². The molecule has 0 saturated heterocycles. The zero-order valence-corrected chi connectivity index (χ0v) is 7.82. The molecule has 1 heterocycles. The molecule has 0 saturated carbocycles. The molecule has 1 aromatic heterocycles. The Labute approximate surface area is 81.5 Å². The number of aryl methyl sites for hydroxylation is 1. The number of nitrogen functional groups attached to an aromatic ring is 2. The lowest BCUT2D eigenvalue weighted by atomic mass is 10.1. The normalized spacial score (nSPS) is 10.4. The average Bonchev–Trinajstić information content (AvgIpc) is 2.57. The Morgan fingerprint density at radius 3 is 2.64 bits per heavy atom. The number of anilines is 2. The summed E-state index contributed by atoms with van der Waals surface area (Å²) in [4.78, 5) is 0. The van der Waals surface area contributed by atoms with Crippen molar-refractivity contribution in [2.75, 3.05) is 11.5 Å². The lowest BCUT2D eigenvalue weighted by Gasteiger charge is -2.02. The molecular formula is C10H11N3O. The maximum atomic E-state index is 5.78. The van der Waals surface area contributed by atoms with Crippen molar-refractivity contribution in [1.29, 1.82) is 0 Å². The van der Waals surface area contributed by atoms with Crippen LogP contribution < -0.4 is 11.5 Å². The van der Waals surface area contributed by atoms with Crippen LogP contribution in [0, 0.1) is 6.92 Å². The highest BCUT2D eigenvalue weighted by atomic mass is 16.5. The first-order chi connectivity index (χ1) is 6.68. The van der Waals surface area contributed by atoms with Crippen molar-refractivity contribution in [2.45, 2.75) is 6.92 Å². The smallest absolute Gasteiger partial charge is 0.229 e. The minimum absolute atomic E-state index is 0.313. The molecule has 1 aromatic carbocycles. The van der Waals surface area contributed by atoms with Crippen LogP contribution in [0.5, 0.6) is 0 Å². The monoisotopic (exact) mass is 189 g/mol. The summed E-state index contributed by atoms with van der Waals surface area (Å²) < 4.78 is 4.78. The number of benzene rings is 1. The van der Waals surface area contributed by atoms with Gasteiger partial charge in [-0.1, -0.05) is 17.3 Å². The fraction of sp³-hybridized carbons (Fsp3) is 0.100. The van der Waals surface area contributed by atoms with E-state index in [0.29, 0.717) is 5.88 Å². The van der Waals surface area contributed by atoms with Crippen molar-refractivity contribution < 1.29 is 4.52 Å². The molecule has 0 unspecified atom stereocenters. The number of nitrogens with zero attached hydrogens (tertiary/aromatic N) is 1. The lowest BCUT2D eigenvalue weighted by molar-refractivity contribution is 0.436. The van der Waals surface area contributed by atoms with Gasteiger partial charge in [-0.05, 0) is 24.1 Å². The van der Waals surface area contributed by atoms with Gasteiger partial charge in [0, 0.05) is 5.69 Å². The highest BCUT2D eigenvalue weighted by molar-refractivity contribution is 5.74. The molecule has 0 fully saturated rings. The van der Waals surface area contributed by atoms with Gasteiger partial charge >= 0.3 is 0 Å². The molecule has 0 radical (unpaired) electrons. The molecule has 14 heavy (non-hydrogen) atoms. The van der Waals surface area contributed by atoms with Gasteiger partial charge in [-0.2, -0.15) is 0 Å². The lowest BCUT2D eigenvalue weighted by Crippen LogP contribution is -1.90. The zero-order chi connectivity index (χ0) is 10.1. The van der Waals surface area contributed by atoms with Gasteiger partial charge in [0.1, 0.15) is 0 Å². The van der Waals surface area contributed by atoms with Gasteiger partial charge in [0.2, 0.25) is 5.88 Å². The van der Waals surface area contributed by atoms with E-state index in [9.17, 15) is 0 Å². The van der Waals surface area contributed by atoms with Gasteiger partial charge in [-0.15, -0.1) is 0 Å². The van der Waals surface area contributed by atoms with Crippen molar-refractivity contribution in [3.05, 3.63) is 30.0 Å². The number of nitrogens with two attached hydrogens (primary N) is 2. The van der Waals surface area contributed by atoms with Crippen molar-refractivity contribution in [3.63, 3.8) is 0 Å². The summed E-state index contributed by atoms with van der Waals surface area (Å²) in [7, 11) is 0. The van der Waals surface area contributed by atoms with Crippen LogP contribution >= 0.6 is 0 Å². The molecule has 0 spiro atoms. The summed E-state index contributed by atoms with van der Waals surface area (Å²) in [6.07, 6.45) is 1.58. The van der Waals surface area contributed by atoms with Gasteiger partial charge in [-0.3, -0.25) is 0 Å². The molecule has 0 bridgehead atoms. The van der Waals surface area contributed by atoms with Crippen molar-refractivity contribution >= 4 is 11.6 Å². The maximum Gasteiger partial charge on any atom is 0.229 e. The van der Waals surface area contributed by atoms with E-state index in [1.807, 2.05) is 25.1 Å². The van der Waals surface area contributed by atoms with Crippen LogP contribution in [0.4, 0.5) is 11.6 Å². The molecule has 4 heteroatoms. The minimum Gasteiger partial charge on any atom is -0.398 e. The van der Waals surface area contributed by atoms with Crippen LogP contribution in [0.1, 0.15) is 5.56 Å². The first-order valence-corrected chi connectivity index (χ1v) is 4.25. The second kappa shape index (κ2) is 3.06. The van der Waals surface area contributed by atoms with Crippen molar-refractivity contribution in [2.24, 2.45) is 0 Å². The van der Waals surface area contributed by atoms with Gasteiger partial charge in [0.15, 0.2) is 0 Å². The highest BCUT2D eigenvalue weighted by Crippen LogP contribution is 2.27. The van der Waals surface area contributed by atoms with E-state index >= 15 is 0 Å². The summed E-state index contributed by atoms with van der Waals surface area (Å²) in [5.74, 6) is 0.313. The molecule has 2 aromatic rings. The third-order valence-electron chi connectivity index (χ3n) is 2.19. The summed E-state index contributed by atoms with van der Waals surface area (Å²) >= 11 is 0. The first kappa shape index (κ1) is 8.62. The Kier molecular flexibility index (Phi) is 1.89. The number of hydrogen-bond acceptors (Lipinski definition) is 4. The van der Waals surface area contributed by atoms with Crippen LogP contribution in [0.25, 0.3) is 11.1 Å². The van der Waals surface area contributed by atoms with Gasteiger partial charge in [0.05, 0.1) is 11.8 Å². The first-order valence-electron chi connectivity index (χ1n) is 4.25. The Morgan fingerprint density at radius 1 is 1.29 bits per heavy atom. The predicted octanol–water partition coefficient (Wildman–Crippen LogP) is 1.81. The summed E-state index contributed by atoms with van der Waals surface area (Å²) in [5, 5.41) is 3.61. The van der Waals surface area contributed by atoms with E-state index < -0.39 is 0 Å². The molecule has 0 amide bonds. The molecule has 4 nitrogen and oxygen atoms in total. The van der Waals surface area contributed by atoms with Gasteiger partial charge in [-0.25, -0.2) is 0 Å². The van der Waals surface area contributed by atoms with Crippen LogP contribution in [0.15, 0.2) is 28.9 Å². The maximum absolute atomic E-state index is 5.78. The number of hydrogen-bond donors (Lipinski definition) is 2. The second-order valence-corrected chi connectivity index (χ2v) is 3.18. The SMILES string of the molecule is Cc1ccc(-c2cnoc2N)cc1N. The minimum atomic E-state index is 0.313. The van der Waals surface area contributed by atoms with E-state index in [1.165, 1.54) is 0 Å². The Bertz CT molecular complexity index is 462. The summed E-state index contributed by atoms with van der Waals surface area (Å²) in [6, 6.07) is 5.74. The van der Waals surface area contributed by atoms with Crippen LogP contribution in [-0.2, 0) is 0 Å². The fourth-order valence-corrected chi connectivity index (χ4v) is 1.27. The molecule has 0 aliphatic heterocycles. The quantitative estimate of drug-likeness (QED) is 0.670. The second-order valence-electron chi connectivity index (χ2n) is 3.18.